The van der Waals surface area contributed by atoms with Crippen LogP contribution in [-0.2, 0) is 11.3 Å². The Morgan fingerprint density at radius 2 is 1.76 bits per heavy atom. The van der Waals surface area contributed by atoms with Crippen molar-refractivity contribution in [3.05, 3.63) is 47.3 Å². The minimum absolute atomic E-state index is 0.213. The molecule has 2 aromatic rings. The average Bonchev–Trinajstić information content (AvgIpc) is 2.89. The predicted octanol–water partition coefficient (Wildman–Crippen LogP) is 3.56. The maximum atomic E-state index is 11.3. The monoisotopic (exact) mass is 341 g/mol. The first kappa shape index (κ1) is 17.7. The number of aromatic nitrogens is 2. The largest absolute Gasteiger partial charge is 0.481 e. The summed E-state index contributed by atoms with van der Waals surface area (Å²) in [7, 11) is 0. The van der Waals surface area contributed by atoms with Crippen molar-refractivity contribution in [1.29, 1.82) is 0 Å². The van der Waals surface area contributed by atoms with Crippen molar-refractivity contribution in [1.82, 2.24) is 14.7 Å². The lowest BCUT2D eigenvalue weighted by atomic mass is 9.87. The van der Waals surface area contributed by atoms with Crippen LogP contribution in [0.15, 0.2) is 30.3 Å². The zero-order valence-corrected chi connectivity index (χ0v) is 15.4. The summed E-state index contributed by atoms with van der Waals surface area (Å²) >= 11 is 0. The van der Waals surface area contributed by atoms with Gasteiger partial charge in [-0.1, -0.05) is 12.1 Å². The van der Waals surface area contributed by atoms with Crippen molar-refractivity contribution < 1.29 is 9.90 Å². The van der Waals surface area contributed by atoms with Gasteiger partial charge in [-0.3, -0.25) is 9.69 Å². The number of carbonyl (C=O) groups is 1. The summed E-state index contributed by atoms with van der Waals surface area (Å²) in [4.78, 5) is 13.7. The van der Waals surface area contributed by atoms with Crippen molar-refractivity contribution >= 4 is 5.97 Å². The number of carboxylic acid groups (broad SMARTS) is 1. The van der Waals surface area contributed by atoms with Gasteiger partial charge in [0, 0.05) is 24.3 Å². The molecule has 0 radical (unpaired) electrons. The third-order valence-electron chi connectivity index (χ3n) is 5.29. The molecule has 1 N–H and O–H groups in total. The van der Waals surface area contributed by atoms with Crippen LogP contribution in [0.3, 0.4) is 0 Å². The highest BCUT2D eigenvalue weighted by molar-refractivity contribution is 5.70. The molecule has 1 aromatic carbocycles. The molecular formula is C20H27N3O2. The third-order valence-corrected chi connectivity index (χ3v) is 5.29. The third kappa shape index (κ3) is 3.76. The molecule has 0 saturated carbocycles. The number of rotatable bonds is 4. The molecule has 0 spiro atoms. The molecular weight excluding hydrogens is 314 g/mol. The van der Waals surface area contributed by atoms with E-state index in [9.17, 15) is 9.90 Å². The molecule has 2 unspecified atom stereocenters. The first-order valence-corrected chi connectivity index (χ1v) is 8.96. The van der Waals surface area contributed by atoms with E-state index in [0.717, 1.165) is 36.5 Å². The highest BCUT2D eigenvalue weighted by Crippen LogP contribution is 2.29. The van der Waals surface area contributed by atoms with Crippen LogP contribution in [0.25, 0.3) is 5.69 Å². The number of likely N-dealkylation sites (tertiary alicyclic amines) is 1. The van der Waals surface area contributed by atoms with Crippen molar-refractivity contribution in [3.63, 3.8) is 0 Å². The van der Waals surface area contributed by atoms with Crippen LogP contribution in [-0.4, -0.2) is 37.8 Å². The predicted molar refractivity (Wildman–Crippen MR) is 97.9 cm³/mol. The second-order valence-electron chi connectivity index (χ2n) is 7.38. The lowest BCUT2D eigenvalue weighted by Gasteiger charge is -2.41. The van der Waals surface area contributed by atoms with Crippen molar-refractivity contribution in [2.75, 3.05) is 0 Å². The van der Waals surface area contributed by atoms with Gasteiger partial charge >= 0.3 is 5.97 Å². The summed E-state index contributed by atoms with van der Waals surface area (Å²) in [6.07, 6.45) is 1.45. The fraction of sp³-hybridized carbons (Fsp3) is 0.500. The van der Waals surface area contributed by atoms with Gasteiger partial charge in [-0.2, -0.15) is 5.10 Å². The topological polar surface area (TPSA) is 58.4 Å². The smallest absolute Gasteiger partial charge is 0.306 e. The Balaban J connectivity index is 1.71. The van der Waals surface area contributed by atoms with Crippen LogP contribution in [0.4, 0.5) is 0 Å². The Hall–Kier alpha value is -2.14. The Morgan fingerprint density at radius 3 is 2.24 bits per heavy atom. The minimum atomic E-state index is -0.660. The Bertz CT molecular complexity index is 739. The molecule has 3 rings (SSSR count). The van der Waals surface area contributed by atoms with Gasteiger partial charge in [-0.25, -0.2) is 4.68 Å². The van der Waals surface area contributed by atoms with Gasteiger partial charge in [0.2, 0.25) is 0 Å². The number of aliphatic carboxylic acids is 1. The maximum Gasteiger partial charge on any atom is 0.306 e. The van der Waals surface area contributed by atoms with Gasteiger partial charge in [-0.05, 0) is 64.3 Å². The molecule has 2 atom stereocenters. The van der Waals surface area contributed by atoms with E-state index in [-0.39, 0.29) is 18.0 Å². The van der Waals surface area contributed by atoms with E-state index in [1.165, 1.54) is 5.56 Å². The first-order valence-electron chi connectivity index (χ1n) is 8.96. The molecule has 1 saturated heterocycles. The van der Waals surface area contributed by atoms with Gasteiger partial charge < -0.3 is 5.11 Å². The molecule has 0 aliphatic carbocycles. The molecule has 1 aromatic heterocycles. The van der Waals surface area contributed by atoms with Crippen LogP contribution in [0.2, 0.25) is 0 Å². The number of piperidine rings is 1. The number of carboxylic acids is 1. The van der Waals surface area contributed by atoms with E-state index >= 15 is 0 Å². The highest BCUT2D eigenvalue weighted by Gasteiger charge is 2.34. The SMILES string of the molecule is Cc1cc(C)n(-c2ccc(CN3C(C)CC(C(=O)O)CC3C)cc2)n1. The number of nitrogens with zero attached hydrogens (tertiary/aromatic N) is 3. The molecule has 1 fully saturated rings. The van der Waals surface area contributed by atoms with E-state index in [4.69, 9.17) is 0 Å². The zero-order chi connectivity index (χ0) is 18.1. The van der Waals surface area contributed by atoms with Crippen molar-refractivity contribution in [3.8, 4) is 5.69 Å². The molecule has 134 valence electrons. The van der Waals surface area contributed by atoms with E-state index in [1.807, 2.05) is 11.6 Å². The van der Waals surface area contributed by atoms with Gasteiger partial charge in [0.25, 0.3) is 0 Å². The van der Waals surface area contributed by atoms with Crippen LogP contribution in [0, 0.1) is 19.8 Å². The number of hydrogen-bond acceptors (Lipinski definition) is 3. The molecule has 5 heteroatoms. The fourth-order valence-corrected chi connectivity index (χ4v) is 3.98. The molecule has 25 heavy (non-hydrogen) atoms. The van der Waals surface area contributed by atoms with E-state index in [1.54, 1.807) is 0 Å². The maximum absolute atomic E-state index is 11.3. The normalized spacial score (nSPS) is 24.4. The minimum Gasteiger partial charge on any atom is -0.481 e. The van der Waals surface area contributed by atoms with E-state index < -0.39 is 5.97 Å². The molecule has 1 aliphatic heterocycles. The van der Waals surface area contributed by atoms with Crippen molar-refractivity contribution in [2.45, 2.75) is 59.2 Å². The summed E-state index contributed by atoms with van der Waals surface area (Å²) < 4.78 is 1.96. The van der Waals surface area contributed by atoms with Crippen LogP contribution < -0.4 is 0 Å². The second-order valence-corrected chi connectivity index (χ2v) is 7.38. The zero-order valence-electron chi connectivity index (χ0n) is 15.4. The van der Waals surface area contributed by atoms with Gasteiger partial charge in [0.05, 0.1) is 17.3 Å². The summed E-state index contributed by atoms with van der Waals surface area (Å²) in [5, 5.41) is 13.8. The number of hydrogen-bond donors (Lipinski definition) is 1. The Kier molecular flexibility index (Phi) is 4.95. The quantitative estimate of drug-likeness (QED) is 0.924. The molecule has 1 aliphatic rings. The molecule has 0 amide bonds. The molecule has 0 bridgehead atoms. The number of benzene rings is 1. The summed E-state index contributed by atoms with van der Waals surface area (Å²) in [5.74, 6) is -0.873. The fourth-order valence-electron chi connectivity index (χ4n) is 3.98. The van der Waals surface area contributed by atoms with Crippen LogP contribution >= 0.6 is 0 Å². The lowest BCUT2D eigenvalue weighted by molar-refractivity contribution is -0.145. The Morgan fingerprint density at radius 1 is 1.16 bits per heavy atom. The average molecular weight is 341 g/mol. The van der Waals surface area contributed by atoms with E-state index in [0.29, 0.717) is 0 Å². The number of aryl methyl sites for hydroxylation is 2. The Labute approximate surface area is 149 Å². The van der Waals surface area contributed by atoms with Crippen LogP contribution in [0.1, 0.15) is 43.6 Å². The van der Waals surface area contributed by atoms with E-state index in [2.05, 4.69) is 61.1 Å². The standard InChI is InChI=1S/C20H27N3O2/c1-13-9-16(4)23(21-13)19-7-5-17(6-8-19)12-22-14(2)10-18(20(24)25)11-15(22)3/h5-9,14-15,18H,10-12H2,1-4H3,(H,24,25). The second kappa shape index (κ2) is 7.00. The highest BCUT2D eigenvalue weighted by atomic mass is 16.4. The summed E-state index contributed by atoms with van der Waals surface area (Å²) in [6.45, 7) is 9.18. The van der Waals surface area contributed by atoms with Crippen LogP contribution in [0.5, 0.6) is 0 Å². The summed E-state index contributed by atoms with van der Waals surface area (Å²) in [6, 6.07) is 11.1. The lowest BCUT2D eigenvalue weighted by Crippen LogP contribution is -2.47. The van der Waals surface area contributed by atoms with Crippen molar-refractivity contribution in [2.24, 2.45) is 5.92 Å². The first-order chi connectivity index (χ1) is 11.8. The summed E-state index contributed by atoms with van der Waals surface area (Å²) in [5.41, 5.74) is 4.46. The molecule has 2 heterocycles. The van der Waals surface area contributed by atoms with Gasteiger partial charge in [0.1, 0.15) is 0 Å². The molecule has 5 nitrogen and oxygen atoms in total. The van der Waals surface area contributed by atoms with Gasteiger partial charge in [0.15, 0.2) is 0 Å². The van der Waals surface area contributed by atoms with Gasteiger partial charge in [-0.15, -0.1) is 0 Å².